The van der Waals surface area contributed by atoms with Crippen molar-refractivity contribution in [2.24, 2.45) is 0 Å². The molecular formula is C12H19NO6S. The van der Waals surface area contributed by atoms with E-state index in [9.17, 15) is 8.42 Å². The Bertz CT molecular complexity index is 543. The summed E-state index contributed by atoms with van der Waals surface area (Å²) >= 11 is 0. The van der Waals surface area contributed by atoms with E-state index in [1.165, 1.54) is 27.4 Å². The summed E-state index contributed by atoms with van der Waals surface area (Å²) in [7, 11) is 0.624. The fourth-order valence-corrected chi connectivity index (χ4v) is 2.61. The van der Waals surface area contributed by atoms with E-state index in [2.05, 4.69) is 0 Å². The number of benzene rings is 1. The van der Waals surface area contributed by atoms with E-state index < -0.39 is 10.0 Å². The highest BCUT2D eigenvalue weighted by Gasteiger charge is 2.20. The van der Waals surface area contributed by atoms with Crippen LogP contribution in [-0.4, -0.2) is 43.0 Å². The first kappa shape index (κ1) is 16.7. The number of ether oxygens (including phenoxy) is 3. The minimum Gasteiger partial charge on any atom is -0.493 e. The molecule has 0 aliphatic rings. The number of sulfonamides is 1. The first-order valence-corrected chi connectivity index (χ1v) is 7.29. The van der Waals surface area contributed by atoms with E-state index in [0.717, 1.165) is 0 Å². The summed E-state index contributed by atoms with van der Waals surface area (Å²) in [6, 6.07) is 2.97. The van der Waals surface area contributed by atoms with Crippen molar-refractivity contribution in [2.45, 2.75) is 11.8 Å². The third-order valence-corrected chi connectivity index (χ3v) is 3.88. The summed E-state index contributed by atoms with van der Waals surface area (Å²) < 4.78 is 39.2. The first-order valence-electron chi connectivity index (χ1n) is 5.81. The minimum absolute atomic E-state index is 0.0626. The highest BCUT2D eigenvalue weighted by molar-refractivity contribution is 7.89. The smallest absolute Gasteiger partial charge is 0.262 e. The Morgan fingerprint density at radius 1 is 1.05 bits per heavy atom. The molecule has 1 aromatic carbocycles. The highest BCUT2D eigenvalue weighted by atomic mass is 32.2. The Kier molecular flexibility index (Phi) is 6.21. The number of hydrogen-bond donors (Lipinski definition) is 1. The van der Waals surface area contributed by atoms with Crippen LogP contribution in [0.3, 0.4) is 0 Å². The van der Waals surface area contributed by atoms with Gasteiger partial charge in [0.15, 0.2) is 11.5 Å². The second-order valence-electron chi connectivity index (χ2n) is 3.90. The number of rotatable bonds is 8. The van der Waals surface area contributed by atoms with Gasteiger partial charge in [-0.15, -0.1) is 0 Å². The van der Waals surface area contributed by atoms with Gasteiger partial charge in [0.25, 0.3) is 10.0 Å². The molecule has 0 radical (unpaired) electrons. The summed E-state index contributed by atoms with van der Waals surface area (Å²) in [5.41, 5.74) is 0.519. The van der Waals surface area contributed by atoms with E-state index >= 15 is 0 Å². The van der Waals surface area contributed by atoms with Crippen LogP contribution in [0.15, 0.2) is 17.0 Å². The van der Waals surface area contributed by atoms with Crippen molar-refractivity contribution in [2.75, 3.05) is 34.5 Å². The number of hydrogen-bond acceptors (Lipinski definition) is 6. The van der Waals surface area contributed by atoms with Gasteiger partial charge in [0.1, 0.15) is 0 Å². The molecule has 7 nitrogen and oxygen atoms in total. The van der Waals surface area contributed by atoms with Crippen molar-refractivity contribution in [3.8, 4) is 11.5 Å². The zero-order chi connectivity index (χ0) is 15.2. The molecule has 20 heavy (non-hydrogen) atoms. The van der Waals surface area contributed by atoms with Crippen LogP contribution in [0.4, 0.5) is 0 Å². The zero-order valence-corrected chi connectivity index (χ0v) is 12.7. The molecule has 114 valence electrons. The van der Waals surface area contributed by atoms with Crippen LogP contribution in [0.5, 0.6) is 11.5 Å². The van der Waals surface area contributed by atoms with Crippen LogP contribution in [0, 0.1) is 6.92 Å². The number of aryl methyl sites for hydroxylation is 1. The van der Waals surface area contributed by atoms with Crippen LogP contribution in [0.25, 0.3) is 0 Å². The Labute approximate surface area is 118 Å². The number of methoxy groups -OCH3 is 3. The quantitative estimate of drug-likeness (QED) is 0.567. The Hall–Kier alpha value is -1.35. The molecule has 0 spiro atoms. The molecule has 0 aromatic heterocycles. The molecule has 1 N–H and O–H groups in total. The van der Waals surface area contributed by atoms with Crippen molar-refractivity contribution in [3.63, 3.8) is 0 Å². The molecule has 8 heteroatoms. The molecule has 0 saturated carbocycles. The lowest BCUT2D eigenvalue weighted by molar-refractivity contribution is 0.0438. The average molecular weight is 305 g/mol. The van der Waals surface area contributed by atoms with Crippen molar-refractivity contribution < 1.29 is 27.5 Å². The molecule has 0 bridgehead atoms. The SMILES string of the molecule is COCCONS(=O)(=O)c1cc(OC)c(OC)cc1C. The van der Waals surface area contributed by atoms with Crippen LogP contribution >= 0.6 is 0 Å². The maximum absolute atomic E-state index is 12.1. The van der Waals surface area contributed by atoms with Gasteiger partial charge < -0.3 is 14.2 Å². The monoisotopic (exact) mass is 305 g/mol. The van der Waals surface area contributed by atoms with Crippen molar-refractivity contribution in [3.05, 3.63) is 17.7 Å². The van der Waals surface area contributed by atoms with Crippen LogP contribution < -0.4 is 14.4 Å². The molecule has 0 aliphatic carbocycles. The van der Waals surface area contributed by atoms with E-state index in [1.54, 1.807) is 13.0 Å². The summed E-state index contributed by atoms with van der Waals surface area (Å²) in [5, 5.41) is 0. The fraction of sp³-hybridized carbons (Fsp3) is 0.500. The summed E-state index contributed by atoms with van der Waals surface area (Å²) in [6.07, 6.45) is 0. The molecule has 1 aromatic rings. The van der Waals surface area contributed by atoms with Crippen molar-refractivity contribution in [1.82, 2.24) is 4.89 Å². The maximum atomic E-state index is 12.1. The lowest BCUT2D eigenvalue weighted by atomic mass is 10.2. The zero-order valence-electron chi connectivity index (χ0n) is 11.9. The van der Waals surface area contributed by atoms with Gasteiger partial charge in [-0.1, -0.05) is 4.89 Å². The van der Waals surface area contributed by atoms with Gasteiger partial charge in [-0.3, -0.25) is 4.84 Å². The van der Waals surface area contributed by atoms with E-state index in [1.807, 2.05) is 4.89 Å². The third kappa shape index (κ3) is 4.07. The second kappa shape index (κ2) is 7.44. The predicted molar refractivity (Wildman–Crippen MR) is 72.4 cm³/mol. The second-order valence-corrected chi connectivity index (χ2v) is 5.51. The van der Waals surface area contributed by atoms with Gasteiger partial charge in [-0.25, -0.2) is 8.42 Å². The van der Waals surface area contributed by atoms with Crippen LogP contribution in [-0.2, 0) is 19.6 Å². The Morgan fingerprint density at radius 3 is 2.20 bits per heavy atom. The molecule has 1 rings (SSSR count). The van der Waals surface area contributed by atoms with Gasteiger partial charge in [0.2, 0.25) is 0 Å². The summed E-state index contributed by atoms with van der Waals surface area (Å²) in [6.45, 7) is 2.06. The lowest BCUT2D eigenvalue weighted by Crippen LogP contribution is -2.26. The molecule has 0 fully saturated rings. The van der Waals surface area contributed by atoms with Crippen LogP contribution in [0.2, 0.25) is 0 Å². The molecule has 0 amide bonds. The largest absolute Gasteiger partial charge is 0.493 e. The highest BCUT2D eigenvalue weighted by Crippen LogP contribution is 2.32. The summed E-state index contributed by atoms with van der Waals surface area (Å²) in [5.74, 6) is 0.791. The molecule has 0 atom stereocenters. The van der Waals surface area contributed by atoms with Crippen molar-refractivity contribution in [1.29, 1.82) is 0 Å². The summed E-state index contributed by atoms with van der Waals surface area (Å²) in [4.78, 5) is 6.94. The van der Waals surface area contributed by atoms with Gasteiger partial charge in [0, 0.05) is 13.2 Å². The predicted octanol–water partition coefficient (Wildman–Crippen LogP) is 0.869. The molecule has 0 saturated heterocycles. The standard InChI is InChI=1S/C12H19NO6S/c1-9-7-10(17-3)11(18-4)8-12(9)20(14,15)13-19-6-5-16-2/h7-8,13H,5-6H2,1-4H3. The maximum Gasteiger partial charge on any atom is 0.262 e. The Morgan fingerprint density at radius 2 is 1.65 bits per heavy atom. The van der Waals surface area contributed by atoms with Gasteiger partial charge in [0.05, 0.1) is 32.3 Å². The molecule has 0 heterocycles. The van der Waals surface area contributed by atoms with E-state index in [0.29, 0.717) is 17.1 Å². The van der Waals surface area contributed by atoms with E-state index in [4.69, 9.17) is 19.0 Å². The average Bonchev–Trinajstić information content (AvgIpc) is 2.43. The van der Waals surface area contributed by atoms with E-state index in [-0.39, 0.29) is 18.1 Å². The first-order chi connectivity index (χ1) is 9.46. The minimum atomic E-state index is -3.79. The number of nitrogens with one attached hydrogen (secondary N) is 1. The van der Waals surface area contributed by atoms with Crippen molar-refractivity contribution >= 4 is 10.0 Å². The lowest BCUT2D eigenvalue weighted by Gasteiger charge is -2.13. The fourth-order valence-electron chi connectivity index (χ4n) is 1.54. The normalized spacial score (nSPS) is 11.4. The van der Waals surface area contributed by atoms with Gasteiger partial charge in [-0.05, 0) is 18.6 Å². The van der Waals surface area contributed by atoms with Gasteiger partial charge in [-0.2, -0.15) is 0 Å². The molecule has 0 aliphatic heterocycles. The Balaban J connectivity index is 2.99. The molecule has 0 unspecified atom stereocenters. The van der Waals surface area contributed by atoms with Crippen LogP contribution in [0.1, 0.15) is 5.56 Å². The van der Waals surface area contributed by atoms with Gasteiger partial charge >= 0.3 is 0 Å². The molecular weight excluding hydrogens is 286 g/mol. The topological polar surface area (TPSA) is 83.1 Å². The third-order valence-electron chi connectivity index (χ3n) is 2.53.